The molecule has 0 spiro atoms. The maximum absolute atomic E-state index is 6.35. The van der Waals surface area contributed by atoms with E-state index in [0.29, 0.717) is 0 Å². The minimum absolute atomic E-state index is 0.208. The van der Waals surface area contributed by atoms with Gasteiger partial charge < -0.3 is 9.32 Å². The molecular formula is C40H22BNOS2. The molecule has 0 radical (unpaired) electrons. The van der Waals surface area contributed by atoms with E-state index in [1.807, 2.05) is 28.7 Å². The number of fused-ring (bicyclic) bond motifs is 11. The van der Waals surface area contributed by atoms with Crippen LogP contribution in [0, 0.1) is 0 Å². The normalized spacial score (nSPS) is 13.2. The zero-order valence-electron chi connectivity index (χ0n) is 24.0. The molecule has 0 bridgehead atoms. The van der Waals surface area contributed by atoms with E-state index >= 15 is 0 Å². The predicted molar refractivity (Wildman–Crippen MR) is 195 cm³/mol. The van der Waals surface area contributed by atoms with E-state index in [4.69, 9.17) is 4.42 Å². The van der Waals surface area contributed by atoms with Crippen molar-refractivity contribution in [1.29, 1.82) is 0 Å². The highest BCUT2D eigenvalue weighted by Crippen LogP contribution is 2.50. The van der Waals surface area contributed by atoms with Gasteiger partial charge in [-0.1, -0.05) is 96.5 Å². The lowest BCUT2D eigenvalue weighted by atomic mass is 9.40. The SMILES string of the molecule is c1ccc2c(c1)B1c3sc4ccccc4c3N(c3csc4ccccc34)c3cc(-c4cccc5oc6ccccc6c45)cc-2c31. The minimum Gasteiger partial charge on any atom is -0.456 e. The molecule has 2 aliphatic rings. The second kappa shape index (κ2) is 8.75. The number of nitrogens with zero attached hydrogens (tertiary/aromatic N) is 1. The van der Waals surface area contributed by atoms with E-state index in [0.717, 1.165) is 16.6 Å². The highest BCUT2D eigenvalue weighted by Gasteiger charge is 2.45. The molecule has 9 aromatic rings. The highest BCUT2D eigenvalue weighted by atomic mass is 32.1. The number of thiophene rings is 2. The summed E-state index contributed by atoms with van der Waals surface area (Å²) in [4.78, 5) is 2.59. The molecular weight excluding hydrogens is 585 g/mol. The van der Waals surface area contributed by atoms with Crippen LogP contribution in [0.4, 0.5) is 17.1 Å². The van der Waals surface area contributed by atoms with Crippen molar-refractivity contribution in [1.82, 2.24) is 0 Å². The molecule has 5 heterocycles. The van der Waals surface area contributed by atoms with Crippen LogP contribution in [-0.4, -0.2) is 6.71 Å². The van der Waals surface area contributed by atoms with Crippen LogP contribution in [0.1, 0.15) is 0 Å². The predicted octanol–water partition coefficient (Wildman–Crippen LogP) is 9.96. The Morgan fingerprint density at radius 2 is 1.31 bits per heavy atom. The molecule has 0 atom stereocenters. The molecule has 0 fully saturated rings. The number of benzene rings is 6. The van der Waals surface area contributed by atoms with Crippen LogP contribution in [-0.2, 0) is 0 Å². The first kappa shape index (κ1) is 24.3. The van der Waals surface area contributed by atoms with Crippen LogP contribution >= 0.6 is 22.7 Å². The second-order valence-corrected chi connectivity index (χ2v) is 14.0. The summed E-state index contributed by atoms with van der Waals surface area (Å²) in [6, 6.07) is 46.6. The Morgan fingerprint density at radius 3 is 2.24 bits per heavy atom. The number of rotatable bonds is 2. The Morgan fingerprint density at radius 1 is 0.578 bits per heavy atom. The quantitative estimate of drug-likeness (QED) is 0.182. The van der Waals surface area contributed by atoms with Crippen LogP contribution < -0.4 is 20.6 Å². The zero-order chi connectivity index (χ0) is 29.2. The van der Waals surface area contributed by atoms with Gasteiger partial charge in [0.15, 0.2) is 0 Å². The lowest BCUT2D eigenvalue weighted by Crippen LogP contribution is -2.53. The third-order valence-electron chi connectivity index (χ3n) is 9.75. The van der Waals surface area contributed by atoms with Gasteiger partial charge in [0.25, 0.3) is 6.71 Å². The van der Waals surface area contributed by atoms with E-state index in [-0.39, 0.29) is 6.71 Å². The molecule has 0 unspecified atom stereocenters. The summed E-state index contributed by atoms with van der Waals surface area (Å²) < 4.78 is 10.4. The van der Waals surface area contributed by atoms with Gasteiger partial charge >= 0.3 is 0 Å². The first-order chi connectivity index (χ1) is 22.3. The summed E-state index contributed by atoms with van der Waals surface area (Å²) >= 11 is 3.78. The van der Waals surface area contributed by atoms with Gasteiger partial charge in [-0.15, -0.1) is 22.7 Å². The molecule has 6 aromatic carbocycles. The fourth-order valence-corrected chi connectivity index (χ4v) is 10.2. The fourth-order valence-electron chi connectivity index (χ4n) is 7.93. The van der Waals surface area contributed by atoms with E-state index in [1.54, 1.807) is 0 Å². The molecule has 2 aliphatic heterocycles. The maximum Gasteiger partial charge on any atom is 0.260 e. The molecule has 45 heavy (non-hydrogen) atoms. The third kappa shape index (κ3) is 3.14. The molecule has 5 heteroatoms. The van der Waals surface area contributed by atoms with Gasteiger partial charge in [0.2, 0.25) is 0 Å². The van der Waals surface area contributed by atoms with Crippen LogP contribution in [0.5, 0.6) is 0 Å². The van der Waals surface area contributed by atoms with Crippen molar-refractivity contribution in [3.05, 3.63) is 133 Å². The van der Waals surface area contributed by atoms with E-state index in [9.17, 15) is 0 Å². The van der Waals surface area contributed by atoms with Gasteiger partial charge in [-0.3, -0.25) is 0 Å². The van der Waals surface area contributed by atoms with E-state index in [1.165, 1.54) is 80.6 Å². The van der Waals surface area contributed by atoms with Crippen LogP contribution in [0.15, 0.2) is 137 Å². The fraction of sp³-hybridized carbons (Fsp3) is 0. The molecule has 0 saturated carbocycles. The molecule has 208 valence electrons. The van der Waals surface area contributed by atoms with Gasteiger partial charge in [-0.25, -0.2) is 0 Å². The van der Waals surface area contributed by atoms with Gasteiger partial charge in [0.05, 0.1) is 11.4 Å². The van der Waals surface area contributed by atoms with Gasteiger partial charge in [0, 0.05) is 46.8 Å². The summed E-state index contributed by atoms with van der Waals surface area (Å²) in [5, 5.41) is 7.29. The van der Waals surface area contributed by atoms with Crippen molar-refractivity contribution >= 4 is 104 Å². The van der Waals surface area contributed by atoms with Gasteiger partial charge in [-0.2, -0.15) is 0 Å². The summed E-state index contributed by atoms with van der Waals surface area (Å²) in [5.41, 5.74) is 13.6. The van der Waals surface area contributed by atoms with E-state index in [2.05, 4.69) is 132 Å². The molecule has 3 aromatic heterocycles. The number of para-hydroxylation sites is 1. The summed E-state index contributed by atoms with van der Waals surface area (Å²) in [7, 11) is 0. The third-order valence-corrected chi connectivity index (χ3v) is 11.9. The second-order valence-electron chi connectivity index (χ2n) is 12.0. The number of hydrogen-bond acceptors (Lipinski definition) is 4. The van der Waals surface area contributed by atoms with Crippen molar-refractivity contribution in [3.8, 4) is 22.3 Å². The Balaban J connectivity index is 1.30. The zero-order valence-corrected chi connectivity index (χ0v) is 25.6. The maximum atomic E-state index is 6.35. The highest BCUT2D eigenvalue weighted by molar-refractivity contribution is 7.34. The first-order valence-corrected chi connectivity index (χ1v) is 17.0. The Hall–Kier alpha value is -5.10. The van der Waals surface area contributed by atoms with Gasteiger partial charge in [0.1, 0.15) is 11.2 Å². The topological polar surface area (TPSA) is 16.4 Å². The molecule has 2 nitrogen and oxygen atoms in total. The Labute approximate surface area is 267 Å². The van der Waals surface area contributed by atoms with Crippen molar-refractivity contribution < 1.29 is 4.42 Å². The first-order valence-electron chi connectivity index (χ1n) is 15.3. The lowest BCUT2D eigenvalue weighted by Gasteiger charge is -2.34. The largest absolute Gasteiger partial charge is 0.456 e. The standard InChI is InChI=1S/C40H22BNOS2/c1-5-15-30-25(10-1)29-20-23(24-14-9-17-34-37(24)27-12-2-6-16-33(27)43-34)21-31-38(29)41(30)40-39(28-13-4-8-19-36(28)45-40)42(31)32-22-44-35-18-7-3-11-26(32)35/h1-22H. The number of hydrogen-bond donors (Lipinski definition) is 0. The smallest absolute Gasteiger partial charge is 0.260 e. The van der Waals surface area contributed by atoms with Crippen molar-refractivity contribution in [3.63, 3.8) is 0 Å². The van der Waals surface area contributed by atoms with Crippen molar-refractivity contribution in [2.45, 2.75) is 0 Å². The van der Waals surface area contributed by atoms with E-state index < -0.39 is 0 Å². The number of furan rings is 1. The average molecular weight is 608 g/mol. The van der Waals surface area contributed by atoms with Crippen molar-refractivity contribution in [2.24, 2.45) is 0 Å². The summed E-state index contributed by atoms with van der Waals surface area (Å²) in [5.74, 6) is 0. The molecule has 11 rings (SSSR count). The van der Waals surface area contributed by atoms with Crippen molar-refractivity contribution in [2.75, 3.05) is 4.90 Å². The molecule has 0 aliphatic carbocycles. The number of anilines is 3. The molecule has 0 amide bonds. The van der Waals surface area contributed by atoms with Crippen LogP contribution in [0.2, 0.25) is 0 Å². The average Bonchev–Trinajstić information content (AvgIpc) is 3.86. The lowest BCUT2D eigenvalue weighted by molar-refractivity contribution is 0.669. The minimum atomic E-state index is 0.208. The van der Waals surface area contributed by atoms with Crippen LogP contribution in [0.3, 0.4) is 0 Å². The molecule has 0 saturated heterocycles. The Bertz CT molecular complexity index is 2700. The monoisotopic (exact) mass is 607 g/mol. The Kier molecular flexibility index (Phi) is 4.72. The summed E-state index contributed by atoms with van der Waals surface area (Å²) in [6.45, 7) is 0.208. The van der Waals surface area contributed by atoms with Gasteiger partial charge in [-0.05, 0) is 64.1 Å². The summed E-state index contributed by atoms with van der Waals surface area (Å²) in [6.07, 6.45) is 0. The molecule has 0 N–H and O–H groups in total. The van der Waals surface area contributed by atoms with Crippen LogP contribution in [0.25, 0.3) is 64.4 Å².